The minimum absolute atomic E-state index is 0.398. The highest BCUT2D eigenvalue weighted by Gasteiger charge is 2.13. The monoisotopic (exact) mass is 364 g/mol. The normalized spacial score (nSPS) is 11.0. The van der Waals surface area contributed by atoms with Crippen LogP contribution in [0.5, 0.6) is 0 Å². The molecule has 0 aliphatic carbocycles. The lowest BCUT2D eigenvalue weighted by Crippen LogP contribution is -2.01. The van der Waals surface area contributed by atoms with Gasteiger partial charge in [0.25, 0.3) is 0 Å². The molecule has 0 saturated carbocycles. The minimum atomic E-state index is 0.398. The molecular formula is C23H28N2O2. The summed E-state index contributed by atoms with van der Waals surface area (Å²) in [5.74, 6) is 1.04. The largest absolute Gasteiger partial charge is 0.356 e. The smallest absolute Gasteiger partial charge is 0.146 e. The zero-order valence-electron chi connectivity index (χ0n) is 16.0. The first-order chi connectivity index (χ1) is 13.4. The van der Waals surface area contributed by atoms with Crippen molar-refractivity contribution in [3.63, 3.8) is 0 Å². The van der Waals surface area contributed by atoms with Gasteiger partial charge in [0.1, 0.15) is 12.6 Å². The highest BCUT2D eigenvalue weighted by molar-refractivity contribution is 5.78. The summed E-state index contributed by atoms with van der Waals surface area (Å²) >= 11 is 0. The van der Waals surface area contributed by atoms with E-state index in [4.69, 9.17) is 14.5 Å². The second-order valence-electron chi connectivity index (χ2n) is 6.47. The van der Waals surface area contributed by atoms with Crippen LogP contribution in [0.25, 0.3) is 22.5 Å². The van der Waals surface area contributed by atoms with Gasteiger partial charge in [-0.3, -0.25) is 0 Å². The molecule has 0 aliphatic rings. The number of aromatic nitrogens is 2. The molecule has 4 heteroatoms. The molecule has 3 aromatic rings. The molecule has 0 fully saturated rings. The topological polar surface area (TPSA) is 47.1 Å². The van der Waals surface area contributed by atoms with E-state index in [0.717, 1.165) is 55.1 Å². The van der Waals surface area contributed by atoms with E-state index in [2.05, 4.69) is 53.5 Å². The van der Waals surface area contributed by atoms with E-state index in [9.17, 15) is 0 Å². The molecule has 142 valence electrons. The van der Waals surface area contributed by atoms with Gasteiger partial charge in [0.15, 0.2) is 0 Å². The van der Waals surface area contributed by atoms with Crippen LogP contribution in [0.2, 0.25) is 0 Å². The average Bonchev–Trinajstić information content (AvgIpc) is 3.15. The van der Waals surface area contributed by atoms with Crippen molar-refractivity contribution in [1.82, 2.24) is 9.97 Å². The van der Waals surface area contributed by atoms with Crippen LogP contribution in [-0.2, 0) is 15.9 Å². The number of imidazole rings is 1. The molecule has 0 atom stereocenters. The molecule has 3 rings (SSSR count). The van der Waals surface area contributed by atoms with Crippen LogP contribution in [0.4, 0.5) is 0 Å². The third kappa shape index (κ3) is 5.78. The SMILES string of the molecule is CCOCOCCCCCc1nc(-c2ccccc2)c(-c2ccccc2)[nH]1. The molecule has 2 aromatic carbocycles. The number of hydrogen-bond acceptors (Lipinski definition) is 3. The summed E-state index contributed by atoms with van der Waals surface area (Å²) in [5, 5.41) is 0. The highest BCUT2D eigenvalue weighted by atomic mass is 16.7. The molecule has 27 heavy (non-hydrogen) atoms. The maximum atomic E-state index is 5.42. The summed E-state index contributed by atoms with van der Waals surface area (Å²) in [4.78, 5) is 8.46. The first-order valence-corrected chi connectivity index (χ1v) is 9.73. The fourth-order valence-electron chi connectivity index (χ4n) is 3.03. The van der Waals surface area contributed by atoms with Crippen LogP contribution in [0.15, 0.2) is 60.7 Å². The molecule has 0 amide bonds. The van der Waals surface area contributed by atoms with Crippen LogP contribution in [0.3, 0.4) is 0 Å². The molecule has 0 spiro atoms. The summed E-state index contributed by atoms with van der Waals surface area (Å²) < 4.78 is 10.6. The Hall–Kier alpha value is -2.43. The molecule has 0 saturated heterocycles. The zero-order chi connectivity index (χ0) is 18.7. The summed E-state index contributed by atoms with van der Waals surface area (Å²) in [5.41, 5.74) is 4.43. The minimum Gasteiger partial charge on any atom is -0.356 e. The standard InChI is InChI=1S/C23H28N2O2/c1-2-26-18-27-17-11-5-10-16-21-24-22(19-12-6-3-7-13-19)23(25-21)20-14-8-4-9-15-20/h3-4,6-9,12-15H,2,5,10-11,16-18H2,1H3,(H,24,25). The van der Waals surface area contributed by atoms with Crippen molar-refractivity contribution in [3.05, 3.63) is 66.5 Å². The van der Waals surface area contributed by atoms with Crippen molar-refractivity contribution >= 4 is 0 Å². The number of rotatable bonds is 11. The summed E-state index contributed by atoms with van der Waals surface area (Å²) in [6.45, 7) is 3.82. The van der Waals surface area contributed by atoms with Gasteiger partial charge in [-0.25, -0.2) is 4.98 Å². The molecule has 1 N–H and O–H groups in total. The van der Waals surface area contributed by atoms with Gasteiger partial charge in [-0.15, -0.1) is 0 Å². The van der Waals surface area contributed by atoms with Crippen molar-refractivity contribution in [2.75, 3.05) is 20.0 Å². The lowest BCUT2D eigenvalue weighted by molar-refractivity contribution is -0.0501. The van der Waals surface area contributed by atoms with Crippen LogP contribution < -0.4 is 0 Å². The third-order valence-corrected chi connectivity index (χ3v) is 4.44. The number of H-pyrrole nitrogens is 1. The number of hydrogen-bond donors (Lipinski definition) is 1. The lowest BCUT2D eigenvalue weighted by Gasteiger charge is -2.03. The van der Waals surface area contributed by atoms with Gasteiger partial charge in [-0.2, -0.15) is 0 Å². The van der Waals surface area contributed by atoms with Gasteiger partial charge in [0, 0.05) is 30.8 Å². The van der Waals surface area contributed by atoms with Crippen LogP contribution in [0.1, 0.15) is 32.0 Å². The first-order valence-electron chi connectivity index (χ1n) is 9.73. The Morgan fingerprint density at radius 3 is 2.22 bits per heavy atom. The first kappa shape index (κ1) is 19.3. The second kappa shape index (κ2) is 10.7. The Bertz CT molecular complexity index is 728. The molecule has 0 bridgehead atoms. The van der Waals surface area contributed by atoms with Gasteiger partial charge in [-0.1, -0.05) is 67.1 Å². The second-order valence-corrected chi connectivity index (χ2v) is 6.47. The number of unbranched alkanes of at least 4 members (excludes halogenated alkanes) is 2. The molecule has 4 nitrogen and oxygen atoms in total. The van der Waals surface area contributed by atoms with E-state index in [-0.39, 0.29) is 0 Å². The maximum absolute atomic E-state index is 5.42. The Kier molecular flexibility index (Phi) is 7.63. The average molecular weight is 364 g/mol. The predicted molar refractivity (Wildman–Crippen MR) is 109 cm³/mol. The van der Waals surface area contributed by atoms with E-state index in [1.807, 2.05) is 19.1 Å². The van der Waals surface area contributed by atoms with Crippen molar-refractivity contribution in [2.24, 2.45) is 0 Å². The Morgan fingerprint density at radius 2 is 1.52 bits per heavy atom. The fraction of sp³-hybridized carbons (Fsp3) is 0.348. The number of nitrogens with one attached hydrogen (secondary N) is 1. The van der Waals surface area contributed by atoms with E-state index >= 15 is 0 Å². The summed E-state index contributed by atoms with van der Waals surface area (Å²) in [6.07, 6.45) is 4.20. The van der Waals surface area contributed by atoms with E-state index < -0.39 is 0 Å². The van der Waals surface area contributed by atoms with Gasteiger partial charge in [-0.05, 0) is 19.8 Å². The molecule has 0 aliphatic heterocycles. The van der Waals surface area contributed by atoms with Crippen molar-refractivity contribution in [1.29, 1.82) is 0 Å². The van der Waals surface area contributed by atoms with Crippen molar-refractivity contribution < 1.29 is 9.47 Å². The summed E-state index contributed by atoms with van der Waals surface area (Å²) in [7, 11) is 0. The van der Waals surface area contributed by atoms with Crippen molar-refractivity contribution in [2.45, 2.75) is 32.6 Å². The number of nitrogens with zero attached hydrogens (tertiary/aromatic N) is 1. The lowest BCUT2D eigenvalue weighted by atomic mass is 10.1. The van der Waals surface area contributed by atoms with Gasteiger partial charge < -0.3 is 14.5 Å². The third-order valence-electron chi connectivity index (χ3n) is 4.44. The zero-order valence-corrected chi connectivity index (χ0v) is 16.0. The molecule has 1 heterocycles. The summed E-state index contributed by atoms with van der Waals surface area (Å²) in [6, 6.07) is 20.8. The van der Waals surface area contributed by atoms with Gasteiger partial charge >= 0.3 is 0 Å². The van der Waals surface area contributed by atoms with Crippen LogP contribution in [0, 0.1) is 0 Å². The van der Waals surface area contributed by atoms with E-state index in [1.54, 1.807) is 0 Å². The molecule has 0 unspecified atom stereocenters. The van der Waals surface area contributed by atoms with Crippen LogP contribution in [-0.4, -0.2) is 30.0 Å². The molecular weight excluding hydrogens is 336 g/mol. The van der Waals surface area contributed by atoms with Crippen molar-refractivity contribution in [3.8, 4) is 22.5 Å². The van der Waals surface area contributed by atoms with Gasteiger partial charge in [0.2, 0.25) is 0 Å². The van der Waals surface area contributed by atoms with Crippen LogP contribution >= 0.6 is 0 Å². The Balaban J connectivity index is 1.62. The molecule has 1 aromatic heterocycles. The Morgan fingerprint density at radius 1 is 0.815 bits per heavy atom. The highest BCUT2D eigenvalue weighted by Crippen LogP contribution is 2.30. The van der Waals surface area contributed by atoms with E-state index in [0.29, 0.717) is 13.4 Å². The fourth-order valence-corrected chi connectivity index (χ4v) is 3.03. The van der Waals surface area contributed by atoms with E-state index in [1.165, 1.54) is 5.56 Å². The number of aromatic amines is 1. The number of benzene rings is 2. The number of aryl methyl sites for hydroxylation is 1. The number of ether oxygens (including phenoxy) is 2. The Labute approximate surface area is 161 Å². The predicted octanol–water partition coefficient (Wildman–Crippen LogP) is 5.47. The van der Waals surface area contributed by atoms with Gasteiger partial charge in [0.05, 0.1) is 11.4 Å². The quantitative estimate of drug-likeness (QED) is 0.363. The maximum Gasteiger partial charge on any atom is 0.146 e. The molecule has 0 radical (unpaired) electrons.